The van der Waals surface area contributed by atoms with Crippen LogP contribution in [0.2, 0.25) is 0 Å². The van der Waals surface area contributed by atoms with Crippen molar-refractivity contribution in [1.82, 2.24) is 0 Å². The molecular weight excluding hydrogens is 288 g/mol. The predicted octanol–water partition coefficient (Wildman–Crippen LogP) is 3.60. The van der Waals surface area contributed by atoms with Crippen LogP contribution in [-0.4, -0.2) is 19.3 Å². The second-order valence-electron chi connectivity index (χ2n) is 6.09. The highest BCUT2D eigenvalue weighted by Crippen LogP contribution is 2.42. The van der Waals surface area contributed by atoms with E-state index in [0.29, 0.717) is 11.3 Å². The van der Waals surface area contributed by atoms with Crippen molar-refractivity contribution in [3.63, 3.8) is 0 Å². The number of carbonyl (C=O) groups excluding carboxylic acids is 1. The molecule has 0 saturated heterocycles. The molecule has 0 aliphatic carbocycles. The van der Waals surface area contributed by atoms with E-state index >= 15 is 0 Å². The van der Waals surface area contributed by atoms with E-state index in [1.165, 1.54) is 13.3 Å². The van der Waals surface area contributed by atoms with Crippen molar-refractivity contribution in [2.75, 3.05) is 12.8 Å². The number of nitrogens with one attached hydrogen (secondary N) is 1. The zero-order valence-electron chi connectivity index (χ0n) is 13.7. The summed E-state index contributed by atoms with van der Waals surface area (Å²) in [5.41, 5.74) is 8.27. The average Bonchev–Trinajstić information content (AvgIpc) is 2.56. The fourth-order valence-electron chi connectivity index (χ4n) is 2.95. The van der Waals surface area contributed by atoms with Crippen molar-refractivity contribution < 1.29 is 9.53 Å². The third kappa shape index (κ3) is 3.26. The smallest absolute Gasteiger partial charge is 0.312 e. The lowest BCUT2D eigenvalue weighted by molar-refractivity contribution is -0.151. The summed E-state index contributed by atoms with van der Waals surface area (Å²) in [4.78, 5) is 12.4. The largest absolute Gasteiger partial charge is 0.469 e. The van der Waals surface area contributed by atoms with Gasteiger partial charge >= 0.3 is 5.97 Å². The van der Waals surface area contributed by atoms with Crippen molar-refractivity contribution in [3.05, 3.63) is 65.2 Å². The topological polar surface area (TPSA) is 76.2 Å². The van der Waals surface area contributed by atoms with Crippen LogP contribution in [-0.2, 0) is 9.53 Å². The van der Waals surface area contributed by atoms with Gasteiger partial charge in [0.1, 0.15) is 0 Å². The zero-order valence-corrected chi connectivity index (χ0v) is 13.7. The Morgan fingerprint density at radius 2 is 1.83 bits per heavy atom. The second kappa shape index (κ2) is 6.65. The summed E-state index contributed by atoms with van der Waals surface area (Å²) in [7, 11) is 1.40. The van der Waals surface area contributed by atoms with Crippen LogP contribution in [0.3, 0.4) is 0 Å². The first kappa shape index (κ1) is 16.7. The van der Waals surface area contributed by atoms with E-state index in [9.17, 15) is 4.79 Å². The zero-order chi connectivity index (χ0) is 17.0. The monoisotopic (exact) mass is 310 g/mol. The SMILES string of the molecule is COC(=O)C(C)(C)C(c1ccccc1)c1ccc(N)c(C=N)c1. The molecule has 23 heavy (non-hydrogen) atoms. The van der Waals surface area contributed by atoms with Gasteiger partial charge in [-0.15, -0.1) is 0 Å². The first-order chi connectivity index (χ1) is 10.9. The van der Waals surface area contributed by atoms with Crippen LogP contribution in [0.25, 0.3) is 0 Å². The van der Waals surface area contributed by atoms with Crippen molar-refractivity contribution in [2.24, 2.45) is 5.41 Å². The summed E-state index contributed by atoms with van der Waals surface area (Å²) < 4.78 is 5.01. The molecule has 0 saturated carbocycles. The lowest BCUT2D eigenvalue weighted by Gasteiger charge is -2.33. The Morgan fingerprint density at radius 1 is 1.17 bits per heavy atom. The molecule has 1 unspecified atom stereocenters. The van der Waals surface area contributed by atoms with Crippen LogP contribution in [0.1, 0.15) is 36.5 Å². The van der Waals surface area contributed by atoms with Gasteiger partial charge in [0.25, 0.3) is 0 Å². The molecule has 0 radical (unpaired) electrons. The highest BCUT2D eigenvalue weighted by atomic mass is 16.5. The number of ether oxygens (including phenoxy) is 1. The number of anilines is 1. The number of esters is 1. The summed E-state index contributed by atoms with van der Waals surface area (Å²) >= 11 is 0. The van der Waals surface area contributed by atoms with Gasteiger partial charge in [0.05, 0.1) is 12.5 Å². The van der Waals surface area contributed by atoms with E-state index in [2.05, 4.69) is 0 Å². The van der Waals surface area contributed by atoms with Gasteiger partial charge in [-0.1, -0.05) is 36.4 Å². The van der Waals surface area contributed by atoms with E-state index in [-0.39, 0.29) is 11.9 Å². The Bertz CT molecular complexity index is 709. The molecule has 0 spiro atoms. The number of rotatable bonds is 5. The van der Waals surface area contributed by atoms with E-state index in [0.717, 1.165) is 11.1 Å². The van der Waals surface area contributed by atoms with Crippen LogP contribution in [0.5, 0.6) is 0 Å². The Kier molecular flexibility index (Phi) is 4.84. The van der Waals surface area contributed by atoms with E-state index in [1.807, 2.05) is 56.3 Å². The van der Waals surface area contributed by atoms with E-state index in [4.69, 9.17) is 15.9 Å². The molecule has 1 atom stereocenters. The van der Waals surface area contributed by atoms with Gasteiger partial charge in [-0.3, -0.25) is 4.79 Å². The quantitative estimate of drug-likeness (QED) is 0.503. The fraction of sp³-hybridized carbons (Fsp3) is 0.263. The molecule has 2 aromatic carbocycles. The van der Waals surface area contributed by atoms with Crippen LogP contribution in [0, 0.1) is 10.8 Å². The van der Waals surface area contributed by atoms with Crippen molar-refractivity contribution in [1.29, 1.82) is 5.41 Å². The first-order valence-electron chi connectivity index (χ1n) is 7.45. The maximum absolute atomic E-state index is 12.4. The van der Waals surface area contributed by atoms with Crippen LogP contribution in [0.15, 0.2) is 48.5 Å². The summed E-state index contributed by atoms with van der Waals surface area (Å²) in [6.07, 6.45) is 1.23. The standard InChI is InChI=1S/C19H22N2O2/c1-19(2,18(22)23-3)17(13-7-5-4-6-8-13)14-9-10-16(21)15(11-14)12-20/h4-12,17,20H,21H2,1-3H3. The Labute approximate surface area is 136 Å². The van der Waals surface area contributed by atoms with Gasteiger partial charge in [-0.25, -0.2) is 0 Å². The van der Waals surface area contributed by atoms with Crippen LogP contribution >= 0.6 is 0 Å². The summed E-state index contributed by atoms with van der Waals surface area (Å²) in [6, 6.07) is 15.4. The van der Waals surface area contributed by atoms with Gasteiger partial charge in [0.2, 0.25) is 0 Å². The molecule has 4 nitrogen and oxygen atoms in total. The maximum Gasteiger partial charge on any atom is 0.312 e. The minimum atomic E-state index is -0.758. The molecule has 0 amide bonds. The normalized spacial score (nSPS) is 12.5. The molecule has 0 aliphatic heterocycles. The number of nitrogen functional groups attached to an aromatic ring is 1. The lowest BCUT2D eigenvalue weighted by atomic mass is 9.71. The molecule has 0 bridgehead atoms. The summed E-state index contributed by atoms with van der Waals surface area (Å²) in [6.45, 7) is 3.74. The molecule has 2 rings (SSSR count). The Hall–Kier alpha value is -2.62. The molecule has 4 heteroatoms. The number of carbonyl (C=O) groups is 1. The minimum Gasteiger partial charge on any atom is -0.469 e. The number of hydrogen-bond donors (Lipinski definition) is 2. The van der Waals surface area contributed by atoms with E-state index in [1.54, 1.807) is 6.07 Å². The Balaban J connectivity index is 2.63. The highest BCUT2D eigenvalue weighted by Gasteiger charge is 2.39. The molecular formula is C19H22N2O2. The van der Waals surface area contributed by atoms with Crippen molar-refractivity contribution in [3.8, 4) is 0 Å². The molecule has 0 aliphatic rings. The molecule has 120 valence electrons. The van der Waals surface area contributed by atoms with E-state index < -0.39 is 5.41 Å². The summed E-state index contributed by atoms with van der Waals surface area (Å²) in [5, 5.41) is 7.51. The van der Waals surface area contributed by atoms with Gasteiger partial charge in [-0.05, 0) is 37.1 Å². The fourth-order valence-corrected chi connectivity index (χ4v) is 2.95. The molecule has 0 fully saturated rings. The van der Waals surface area contributed by atoms with Crippen LogP contribution < -0.4 is 5.73 Å². The van der Waals surface area contributed by atoms with Gasteiger partial charge in [-0.2, -0.15) is 0 Å². The number of nitrogens with two attached hydrogens (primary N) is 1. The van der Waals surface area contributed by atoms with Gasteiger partial charge in [0.15, 0.2) is 0 Å². The van der Waals surface area contributed by atoms with Gasteiger partial charge < -0.3 is 15.9 Å². The molecule has 0 aromatic heterocycles. The predicted molar refractivity (Wildman–Crippen MR) is 92.8 cm³/mol. The average molecular weight is 310 g/mol. The van der Waals surface area contributed by atoms with Crippen molar-refractivity contribution in [2.45, 2.75) is 19.8 Å². The van der Waals surface area contributed by atoms with Gasteiger partial charge in [0, 0.05) is 23.4 Å². The second-order valence-corrected chi connectivity index (χ2v) is 6.09. The number of methoxy groups -OCH3 is 1. The molecule has 3 N–H and O–H groups in total. The minimum absolute atomic E-state index is 0.199. The third-order valence-corrected chi connectivity index (χ3v) is 4.17. The lowest BCUT2D eigenvalue weighted by Crippen LogP contribution is -2.33. The maximum atomic E-state index is 12.4. The van der Waals surface area contributed by atoms with Crippen molar-refractivity contribution >= 4 is 17.9 Å². The summed E-state index contributed by atoms with van der Waals surface area (Å²) in [5.74, 6) is -0.477. The number of hydrogen-bond acceptors (Lipinski definition) is 4. The highest BCUT2D eigenvalue weighted by molar-refractivity contribution is 5.85. The number of benzene rings is 2. The van der Waals surface area contributed by atoms with Crippen LogP contribution in [0.4, 0.5) is 5.69 Å². The molecule has 2 aromatic rings. The third-order valence-electron chi connectivity index (χ3n) is 4.17. The first-order valence-corrected chi connectivity index (χ1v) is 7.45. The molecule has 0 heterocycles. The Morgan fingerprint density at radius 3 is 2.39 bits per heavy atom.